The minimum Gasteiger partial charge on any atom is -0.394 e. The summed E-state index contributed by atoms with van der Waals surface area (Å²) in [5.74, 6) is 0.574. The van der Waals surface area contributed by atoms with Crippen LogP contribution in [0.4, 0.5) is 0 Å². The second-order valence-electron chi connectivity index (χ2n) is 5.65. The molecule has 7 nitrogen and oxygen atoms in total. The van der Waals surface area contributed by atoms with Gasteiger partial charge in [0.2, 0.25) is 5.91 Å². The summed E-state index contributed by atoms with van der Waals surface area (Å²) in [5.41, 5.74) is 0. The molecule has 4 N–H and O–H groups in total. The van der Waals surface area contributed by atoms with E-state index < -0.39 is 24.6 Å². The van der Waals surface area contributed by atoms with Crippen LogP contribution in [0.15, 0.2) is 0 Å². The molecular formula is C14H27NO6. The first-order valence-corrected chi connectivity index (χ1v) is 7.38. The summed E-state index contributed by atoms with van der Waals surface area (Å²) in [7, 11) is 1.68. The summed E-state index contributed by atoms with van der Waals surface area (Å²) in [6.07, 6.45) is -0.832. The zero-order valence-corrected chi connectivity index (χ0v) is 12.9. The third-order valence-corrected chi connectivity index (χ3v) is 3.33. The van der Waals surface area contributed by atoms with Crippen LogP contribution >= 0.6 is 0 Å². The highest BCUT2D eigenvalue weighted by Crippen LogP contribution is 2.28. The molecule has 0 aromatic heterocycles. The Balaban J connectivity index is 0.000000262. The van der Waals surface area contributed by atoms with E-state index in [1.165, 1.54) is 0 Å². The number of aliphatic hydroxyl groups is 3. The SMILES string of the molecule is CC(C)OC1CC(O)C(O)C(CO)O1.CNC(=O)C1CC1. The van der Waals surface area contributed by atoms with Crippen molar-refractivity contribution in [3.63, 3.8) is 0 Å². The summed E-state index contributed by atoms with van der Waals surface area (Å²) in [5, 5.41) is 30.3. The number of ether oxygens (including phenoxy) is 2. The van der Waals surface area contributed by atoms with E-state index in [4.69, 9.17) is 14.6 Å². The van der Waals surface area contributed by atoms with Gasteiger partial charge in [-0.05, 0) is 26.7 Å². The first-order chi connectivity index (χ1) is 9.88. The summed E-state index contributed by atoms with van der Waals surface area (Å²) >= 11 is 0. The van der Waals surface area contributed by atoms with E-state index in [1.54, 1.807) is 7.05 Å². The molecule has 4 unspecified atom stereocenters. The molecule has 0 radical (unpaired) electrons. The van der Waals surface area contributed by atoms with Gasteiger partial charge in [-0.25, -0.2) is 0 Å². The van der Waals surface area contributed by atoms with Crippen LogP contribution in [0.5, 0.6) is 0 Å². The molecule has 21 heavy (non-hydrogen) atoms. The summed E-state index contributed by atoms with van der Waals surface area (Å²) < 4.78 is 10.6. The molecule has 7 heteroatoms. The Bertz CT molecular complexity index is 321. The number of nitrogens with one attached hydrogen (secondary N) is 1. The first-order valence-electron chi connectivity index (χ1n) is 7.38. The number of aliphatic hydroxyl groups excluding tert-OH is 3. The second kappa shape index (κ2) is 8.65. The molecule has 1 amide bonds. The highest BCUT2D eigenvalue weighted by Gasteiger charge is 2.37. The predicted octanol–water partition coefficient (Wildman–Crippen LogP) is -0.617. The third kappa shape index (κ3) is 6.27. The number of hydrogen-bond acceptors (Lipinski definition) is 6. The molecule has 124 valence electrons. The van der Waals surface area contributed by atoms with Crippen molar-refractivity contribution >= 4 is 5.91 Å². The average Bonchev–Trinajstić information content (AvgIpc) is 3.26. The number of carbonyl (C=O) groups excluding carboxylic acids is 1. The molecule has 2 aliphatic rings. The lowest BCUT2D eigenvalue weighted by Gasteiger charge is -2.36. The van der Waals surface area contributed by atoms with Crippen LogP contribution in [0.1, 0.15) is 33.1 Å². The molecule has 1 saturated carbocycles. The Morgan fingerprint density at radius 1 is 1.38 bits per heavy atom. The smallest absolute Gasteiger partial charge is 0.222 e. The van der Waals surface area contributed by atoms with E-state index in [1.807, 2.05) is 13.8 Å². The normalized spacial score (nSPS) is 32.3. The number of carbonyl (C=O) groups is 1. The zero-order valence-electron chi connectivity index (χ0n) is 12.9. The van der Waals surface area contributed by atoms with Crippen LogP contribution in [0, 0.1) is 5.92 Å². The van der Waals surface area contributed by atoms with E-state index >= 15 is 0 Å². The highest BCUT2D eigenvalue weighted by atomic mass is 16.7. The van der Waals surface area contributed by atoms with Crippen molar-refractivity contribution in [3.05, 3.63) is 0 Å². The Labute approximate surface area is 125 Å². The van der Waals surface area contributed by atoms with Gasteiger partial charge < -0.3 is 30.1 Å². The lowest BCUT2D eigenvalue weighted by molar-refractivity contribution is -0.265. The fraction of sp³-hybridized carbons (Fsp3) is 0.929. The quantitative estimate of drug-likeness (QED) is 0.551. The minimum absolute atomic E-state index is 0.0122. The standard InChI is InChI=1S/C9H18O5.C5H9NO/c1-5(2)13-8-3-6(11)9(12)7(4-10)14-8;1-6-5(7)4-2-3-4/h5-12H,3-4H2,1-2H3;4H,2-3H2,1H3,(H,6,7). The van der Waals surface area contributed by atoms with Gasteiger partial charge in [-0.1, -0.05) is 0 Å². The van der Waals surface area contributed by atoms with Gasteiger partial charge in [-0.3, -0.25) is 4.79 Å². The number of rotatable bonds is 4. The second-order valence-corrected chi connectivity index (χ2v) is 5.65. The topological polar surface area (TPSA) is 108 Å². The van der Waals surface area contributed by atoms with Crippen molar-refractivity contribution in [2.24, 2.45) is 5.92 Å². The van der Waals surface area contributed by atoms with Gasteiger partial charge in [0.15, 0.2) is 6.29 Å². The average molecular weight is 305 g/mol. The largest absolute Gasteiger partial charge is 0.394 e. The van der Waals surface area contributed by atoms with Crippen molar-refractivity contribution in [1.82, 2.24) is 5.32 Å². The minimum atomic E-state index is -1.04. The Kier molecular flexibility index (Phi) is 7.55. The molecule has 2 fully saturated rings. The van der Waals surface area contributed by atoms with E-state index in [9.17, 15) is 15.0 Å². The molecule has 0 aromatic carbocycles. The summed E-state index contributed by atoms with van der Waals surface area (Å²) in [6.45, 7) is 3.39. The van der Waals surface area contributed by atoms with Gasteiger partial charge in [0, 0.05) is 19.4 Å². The first kappa shape index (κ1) is 18.3. The maximum Gasteiger partial charge on any atom is 0.222 e. The van der Waals surface area contributed by atoms with Crippen LogP contribution in [0.3, 0.4) is 0 Å². The molecule has 4 atom stereocenters. The lowest BCUT2D eigenvalue weighted by atomic mass is 10.0. The Hall–Kier alpha value is -0.730. The molecule has 1 aliphatic carbocycles. The van der Waals surface area contributed by atoms with E-state index in [0.717, 1.165) is 12.8 Å². The molecule has 0 bridgehead atoms. The summed E-state index contributed by atoms with van der Waals surface area (Å²) in [6, 6.07) is 0. The molecule has 0 spiro atoms. The van der Waals surface area contributed by atoms with Crippen molar-refractivity contribution in [1.29, 1.82) is 0 Å². The zero-order chi connectivity index (χ0) is 16.0. The van der Waals surface area contributed by atoms with Crippen LogP contribution in [-0.4, -0.2) is 65.6 Å². The monoisotopic (exact) mass is 305 g/mol. The molecule has 2 rings (SSSR count). The van der Waals surface area contributed by atoms with Gasteiger partial charge in [-0.15, -0.1) is 0 Å². The van der Waals surface area contributed by atoms with Gasteiger partial charge in [-0.2, -0.15) is 0 Å². The maximum atomic E-state index is 10.5. The predicted molar refractivity (Wildman–Crippen MR) is 75.4 cm³/mol. The van der Waals surface area contributed by atoms with Crippen molar-refractivity contribution in [2.75, 3.05) is 13.7 Å². The van der Waals surface area contributed by atoms with Crippen LogP contribution < -0.4 is 5.32 Å². The number of hydrogen-bond donors (Lipinski definition) is 4. The molecule has 1 heterocycles. The summed E-state index contributed by atoms with van der Waals surface area (Å²) in [4.78, 5) is 10.5. The van der Waals surface area contributed by atoms with E-state index in [2.05, 4.69) is 5.32 Å². The highest BCUT2D eigenvalue weighted by molar-refractivity contribution is 5.80. The van der Waals surface area contributed by atoms with Crippen molar-refractivity contribution in [3.8, 4) is 0 Å². The van der Waals surface area contributed by atoms with E-state index in [-0.39, 0.29) is 25.0 Å². The van der Waals surface area contributed by atoms with Crippen LogP contribution in [0.2, 0.25) is 0 Å². The van der Waals surface area contributed by atoms with Gasteiger partial charge >= 0.3 is 0 Å². The molecular weight excluding hydrogens is 278 g/mol. The third-order valence-electron chi connectivity index (χ3n) is 3.33. The van der Waals surface area contributed by atoms with Crippen molar-refractivity contribution < 1.29 is 29.6 Å². The molecule has 1 aliphatic heterocycles. The van der Waals surface area contributed by atoms with Crippen LogP contribution in [-0.2, 0) is 14.3 Å². The number of amides is 1. The maximum absolute atomic E-state index is 10.5. The lowest BCUT2D eigenvalue weighted by Crippen LogP contribution is -2.50. The van der Waals surface area contributed by atoms with Gasteiger partial charge in [0.05, 0.1) is 18.8 Å². The van der Waals surface area contributed by atoms with E-state index in [0.29, 0.717) is 5.92 Å². The Morgan fingerprint density at radius 3 is 2.38 bits per heavy atom. The van der Waals surface area contributed by atoms with Gasteiger partial charge in [0.25, 0.3) is 0 Å². The molecule has 1 saturated heterocycles. The molecule has 0 aromatic rings. The van der Waals surface area contributed by atoms with Gasteiger partial charge in [0.1, 0.15) is 12.2 Å². The van der Waals surface area contributed by atoms with Crippen molar-refractivity contribution in [2.45, 2.75) is 63.8 Å². The fourth-order valence-electron chi connectivity index (χ4n) is 2.01. The fourth-order valence-corrected chi connectivity index (χ4v) is 2.01. The van der Waals surface area contributed by atoms with Crippen LogP contribution in [0.25, 0.3) is 0 Å². The Morgan fingerprint density at radius 2 is 2.00 bits per heavy atom.